The van der Waals surface area contributed by atoms with Crippen molar-refractivity contribution in [2.75, 3.05) is 0 Å². The third kappa shape index (κ3) is 3.26. The predicted molar refractivity (Wildman–Crippen MR) is 106 cm³/mol. The summed E-state index contributed by atoms with van der Waals surface area (Å²) in [5.41, 5.74) is 2.79. The first-order chi connectivity index (χ1) is 12.9. The van der Waals surface area contributed by atoms with E-state index in [4.69, 9.17) is 10.1 Å². The van der Waals surface area contributed by atoms with Gasteiger partial charge in [-0.2, -0.15) is 5.10 Å². The maximum atomic E-state index is 13.0. The molecule has 0 atom stereocenters. The average molecular weight is 359 g/mol. The molecule has 0 radical (unpaired) electrons. The van der Waals surface area contributed by atoms with Crippen LogP contribution in [0.1, 0.15) is 32.0 Å². The second-order valence-corrected chi connectivity index (χ2v) is 7.54. The Morgan fingerprint density at radius 1 is 1.04 bits per heavy atom. The monoisotopic (exact) mass is 359 g/mol. The molecule has 3 aromatic heterocycles. The van der Waals surface area contributed by atoms with Gasteiger partial charge in [0.15, 0.2) is 5.65 Å². The van der Waals surface area contributed by atoms with Crippen LogP contribution in [0.4, 0.5) is 0 Å². The highest BCUT2D eigenvalue weighted by atomic mass is 16.1. The maximum Gasteiger partial charge on any atom is 0.262 e. The standard InChI is InChI=1S/C21H21N5O/c1-21(2,3)26-19-17(16(25-26)13-14-7-5-4-6-8-14)20(27)24-18(23-19)15-9-11-22-12-10-15/h4-12H,13H2,1-3H3,(H,23,24,27). The van der Waals surface area contributed by atoms with Gasteiger partial charge in [-0.05, 0) is 38.5 Å². The van der Waals surface area contributed by atoms with Gasteiger partial charge in [-0.25, -0.2) is 9.67 Å². The summed E-state index contributed by atoms with van der Waals surface area (Å²) in [7, 11) is 0. The van der Waals surface area contributed by atoms with Crippen LogP contribution in [-0.4, -0.2) is 24.7 Å². The summed E-state index contributed by atoms with van der Waals surface area (Å²) in [6, 6.07) is 13.7. The number of aromatic amines is 1. The van der Waals surface area contributed by atoms with Crippen LogP contribution in [0.25, 0.3) is 22.4 Å². The Hall–Kier alpha value is -3.28. The number of H-pyrrole nitrogens is 1. The lowest BCUT2D eigenvalue weighted by atomic mass is 10.1. The lowest BCUT2D eigenvalue weighted by Gasteiger charge is -2.19. The Labute approximate surface area is 156 Å². The van der Waals surface area contributed by atoms with Crippen LogP contribution in [0.15, 0.2) is 59.7 Å². The number of pyridine rings is 1. The first-order valence-corrected chi connectivity index (χ1v) is 8.90. The van der Waals surface area contributed by atoms with Crippen molar-refractivity contribution in [3.63, 3.8) is 0 Å². The molecule has 0 spiro atoms. The van der Waals surface area contributed by atoms with Crippen molar-refractivity contribution in [1.29, 1.82) is 0 Å². The van der Waals surface area contributed by atoms with E-state index >= 15 is 0 Å². The Balaban J connectivity index is 1.95. The zero-order valence-corrected chi connectivity index (χ0v) is 15.6. The largest absolute Gasteiger partial charge is 0.306 e. The van der Waals surface area contributed by atoms with Crippen LogP contribution in [0.5, 0.6) is 0 Å². The van der Waals surface area contributed by atoms with Gasteiger partial charge in [-0.3, -0.25) is 9.78 Å². The van der Waals surface area contributed by atoms with E-state index in [1.165, 1.54) is 0 Å². The molecule has 3 heterocycles. The van der Waals surface area contributed by atoms with Gasteiger partial charge < -0.3 is 4.98 Å². The van der Waals surface area contributed by atoms with Gasteiger partial charge in [0.25, 0.3) is 5.56 Å². The number of nitrogens with one attached hydrogen (secondary N) is 1. The molecular weight excluding hydrogens is 338 g/mol. The van der Waals surface area contributed by atoms with Gasteiger partial charge in [0.1, 0.15) is 11.2 Å². The molecular formula is C21H21N5O. The van der Waals surface area contributed by atoms with Crippen LogP contribution in [-0.2, 0) is 12.0 Å². The second-order valence-electron chi connectivity index (χ2n) is 7.54. The lowest BCUT2D eigenvalue weighted by Crippen LogP contribution is -2.24. The molecule has 4 aromatic rings. The normalized spacial score (nSPS) is 11.8. The highest BCUT2D eigenvalue weighted by Gasteiger charge is 2.24. The molecule has 0 unspecified atom stereocenters. The number of aromatic nitrogens is 5. The Morgan fingerprint density at radius 2 is 1.74 bits per heavy atom. The van der Waals surface area contributed by atoms with Crippen molar-refractivity contribution >= 4 is 11.0 Å². The van der Waals surface area contributed by atoms with Gasteiger partial charge in [-0.15, -0.1) is 0 Å². The topological polar surface area (TPSA) is 76.5 Å². The first kappa shape index (κ1) is 17.1. The van der Waals surface area contributed by atoms with Crippen LogP contribution in [0.3, 0.4) is 0 Å². The van der Waals surface area contributed by atoms with Crippen LogP contribution in [0.2, 0.25) is 0 Å². The lowest BCUT2D eigenvalue weighted by molar-refractivity contribution is 0.363. The SMILES string of the molecule is CC(C)(C)n1nc(Cc2ccccc2)c2c(=O)[nH]c(-c3ccncc3)nc21. The summed E-state index contributed by atoms with van der Waals surface area (Å²) in [4.78, 5) is 24.6. The van der Waals surface area contributed by atoms with Crippen LogP contribution < -0.4 is 5.56 Å². The molecule has 0 aliphatic carbocycles. The molecule has 0 fully saturated rings. The minimum absolute atomic E-state index is 0.173. The van der Waals surface area contributed by atoms with Gasteiger partial charge in [0.2, 0.25) is 0 Å². The fourth-order valence-corrected chi connectivity index (χ4v) is 3.12. The summed E-state index contributed by atoms with van der Waals surface area (Å²) in [5.74, 6) is 0.520. The summed E-state index contributed by atoms with van der Waals surface area (Å²) < 4.78 is 1.85. The van der Waals surface area contributed by atoms with Gasteiger partial charge >= 0.3 is 0 Å². The summed E-state index contributed by atoms with van der Waals surface area (Å²) in [6.07, 6.45) is 3.95. The molecule has 136 valence electrons. The quantitative estimate of drug-likeness (QED) is 0.607. The number of hydrogen-bond donors (Lipinski definition) is 1. The van der Waals surface area contributed by atoms with Crippen molar-refractivity contribution in [1.82, 2.24) is 24.7 Å². The summed E-state index contributed by atoms with van der Waals surface area (Å²) in [5, 5.41) is 5.32. The molecule has 4 rings (SSSR count). The molecule has 0 amide bonds. The van der Waals surface area contributed by atoms with Gasteiger partial charge in [0, 0.05) is 24.4 Å². The third-order valence-corrected chi connectivity index (χ3v) is 4.41. The van der Waals surface area contributed by atoms with E-state index in [2.05, 4.69) is 30.7 Å². The summed E-state index contributed by atoms with van der Waals surface area (Å²) >= 11 is 0. The molecule has 0 saturated heterocycles. The maximum absolute atomic E-state index is 13.0. The van der Waals surface area contributed by atoms with Crippen molar-refractivity contribution in [2.45, 2.75) is 32.7 Å². The van der Waals surface area contributed by atoms with Crippen molar-refractivity contribution in [3.8, 4) is 11.4 Å². The number of fused-ring (bicyclic) bond motifs is 1. The van der Waals surface area contributed by atoms with E-state index in [1.807, 2.05) is 47.1 Å². The highest BCUT2D eigenvalue weighted by molar-refractivity contribution is 5.80. The number of hydrogen-bond acceptors (Lipinski definition) is 4. The Morgan fingerprint density at radius 3 is 2.41 bits per heavy atom. The molecule has 1 aromatic carbocycles. The smallest absolute Gasteiger partial charge is 0.262 e. The van der Waals surface area contributed by atoms with E-state index in [9.17, 15) is 4.79 Å². The first-order valence-electron chi connectivity index (χ1n) is 8.90. The third-order valence-electron chi connectivity index (χ3n) is 4.41. The predicted octanol–water partition coefficient (Wildman–Crippen LogP) is 3.53. The van der Waals surface area contributed by atoms with Gasteiger partial charge in [-0.1, -0.05) is 30.3 Å². The van der Waals surface area contributed by atoms with Crippen molar-refractivity contribution in [3.05, 3.63) is 76.5 Å². The van der Waals surface area contributed by atoms with Gasteiger partial charge in [0.05, 0.1) is 11.2 Å². The molecule has 0 aliphatic rings. The van der Waals surface area contributed by atoms with E-state index in [0.29, 0.717) is 23.3 Å². The van der Waals surface area contributed by atoms with Crippen LogP contribution >= 0.6 is 0 Å². The molecule has 0 aliphatic heterocycles. The molecule has 1 N–H and O–H groups in total. The molecule has 27 heavy (non-hydrogen) atoms. The number of benzene rings is 1. The van der Waals surface area contributed by atoms with E-state index in [0.717, 1.165) is 16.8 Å². The van der Waals surface area contributed by atoms with Crippen LogP contribution in [0, 0.1) is 0 Å². The zero-order chi connectivity index (χ0) is 19.0. The molecule has 6 heteroatoms. The fraction of sp³-hybridized carbons (Fsp3) is 0.238. The van der Waals surface area contributed by atoms with Crippen molar-refractivity contribution < 1.29 is 0 Å². The Bertz CT molecular complexity index is 1140. The summed E-state index contributed by atoms with van der Waals surface area (Å²) in [6.45, 7) is 6.17. The number of nitrogens with zero attached hydrogens (tertiary/aromatic N) is 4. The molecule has 0 bridgehead atoms. The minimum atomic E-state index is -0.302. The van der Waals surface area contributed by atoms with E-state index in [1.54, 1.807) is 12.4 Å². The van der Waals surface area contributed by atoms with E-state index < -0.39 is 0 Å². The fourth-order valence-electron chi connectivity index (χ4n) is 3.12. The second kappa shape index (κ2) is 6.46. The minimum Gasteiger partial charge on any atom is -0.306 e. The highest BCUT2D eigenvalue weighted by Crippen LogP contribution is 2.24. The van der Waals surface area contributed by atoms with E-state index in [-0.39, 0.29) is 11.1 Å². The van der Waals surface area contributed by atoms with Crippen molar-refractivity contribution in [2.24, 2.45) is 0 Å². The molecule has 6 nitrogen and oxygen atoms in total. The number of rotatable bonds is 3. The average Bonchev–Trinajstić information content (AvgIpc) is 3.02. The molecule has 0 saturated carbocycles. The zero-order valence-electron chi connectivity index (χ0n) is 15.6. The Kier molecular flexibility index (Phi) is 4.11.